The Morgan fingerprint density at radius 2 is 2.00 bits per heavy atom. The van der Waals surface area contributed by atoms with Gasteiger partial charge in [-0.25, -0.2) is 0 Å². The molecule has 0 unspecified atom stereocenters. The van der Waals surface area contributed by atoms with E-state index in [9.17, 15) is 14.4 Å². The molecule has 1 aliphatic heterocycles. The third kappa shape index (κ3) is 3.13. The number of aldehydes is 1. The Balaban J connectivity index is 1.86. The number of nitrogens with one attached hydrogen (secondary N) is 1. The lowest BCUT2D eigenvalue weighted by Crippen LogP contribution is -2.26. The number of carbonyl (C=O) groups excluding carboxylic acids is 3. The molecule has 3 rings (SSSR count). The van der Waals surface area contributed by atoms with E-state index in [4.69, 9.17) is 4.74 Å². The maximum Gasteiger partial charge on any atom is 0.224 e. The first kappa shape index (κ1) is 15.0. The number of rotatable bonds is 4. The molecule has 2 aromatic carbocycles. The summed E-state index contributed by atoms with van der Waals surface area (Å²) in [7, 11) is 0. The highest BCUT2D eigenvalue weighted by Gasteiger charge is 2.22. The van der Waals surface area contributed by atoms with Crippen LogP contribution >= 0.6 is 0 Å². The van der Waals surface area contributed by atoms with Crippen molar-refractivity contribution in [2.75, 3.05) is 6.54 Å². The van der Waals surface area contributed by atoms with Gasteiger partial charge in [-0.2, -0.15) is 0 Å². The first-order chi connectivity index (χ1) is 11.2. The molecule has 1 N–H and O–H groups in total. The molecule has 1 heterocycles. The highest BCUT2D eigenvalue weighted by Crippen LogP contribution is 2.28. The molecule has 0 saturated heterocycles. The number of carbonyl (C=O) groups is 3. The monoisotopic (exact) mass is 309 g/mol. The Morgan fingerprint density at radius 1 is 1.17 bits per heavy atom. The fourth-order valence-electron chi connectivity index (χ4n) is 2.58. The van der Waals surface area contributed by atoms with Gasteiger partial charge in [0.2, 0.25) is 5.91 Å². The predicted molar refractivity (Wildman–Crippen MR) is 83.4 cm³/mol. The zero-order chi connectivity index (χ0) is 16.2. The second-order valence-electron chi connectivity index (χ2n) is 5.25. The summed E-state index contributed by atoms with van der Waals surface area (Å²) in [6.45, 7) is 0.280. The number of hydrogen-bond donors (Lipinski definition) is 1. The van der Waals surface area contributed by atoms with E-state index in [1.54, 1.807) is 36.4 Å². The van der Waals surface area contributed by atoms with Gasteiger partial charge in [0.1, 0.15) is 18.6 Å². The van der Waals surface area contributed by atoms with Gasteiger partial charge >= 0.3 is 0 Å². The van der Waals surface area contributed by atoms with Gasteiger partial charge in [-0.1, -0.05) is 30.3 Å². The molecule has 5 nitrogen and oxygen atoms in total. The second kappa shape index (κ2) is 6.44. The molecule has 5 heteroatoms. The van der Waals surface area contributed by atoms with Crippen molar-refractivity contribution in [2.24, 2.45) is 0 Å². The molecule has 0 aromatic heterocycles. The molecule has 0 spiro atoms. The van der Waals surface area contributed by atoms with Crippen LogP contribution < -0.4 is 10.1 Å². The fraction of sp³-hybridized carbons (Fsp3) is 0.167. The van der Waals surface area contributed by atoms with Gasteiger partial charge in [0, 0.05) is 11.1 Å². The third-order valence-corrected chi connectivity index (χ3v) is 3.68. The summed E-state index contributed by atoms with van der Waals surface area (Å²) in [5.41, 5.74) is 2.66. The van der Waals surface area contributed by atoms with E-state index in [2.05, 4.69) is 5.32 Å². The topological polar surface area (TPSA) is 72.5 Å². The molecule has 116 valence electrons. The lowest BCUT2D eigenvalue weighted by molar-refractivity contribution is -0.121. The van der Waals surface area contributed by atoms with E-state index in [1.807, 2.05) is 6.07 Å². The molecule has 0 atom stereocenters. The Kier molecular flexibility index (Phi) is 4.19. The zero-order valence-electron chi connectivity index (χ0n) is 12.4. The molecule has 2 aromatic rings. The Labute approximate surface area is 133 Å². The molecule has 23 heavy (non-hydrogen) atoms. The Hall–Kier alpha value is -2.95. The summed E-state index contributed by atoms with van der Waals surface area (Å²) in [5, 5.41) is 2.49. The average Bonchev–Trinajstić information content (AvgIpc) is 2.71. The fourth-order valence-corrected chi connectivity index (χ4v) is 2.58. The van der Waals surface area contributed by atoms with Crippen LogP contribution in [0.1, 0.15) is 27.0 Å². The van der Waals surface area contributed by atoms with E-state index in [1.165, 1.54) is 0 Å². The zero-order valence-corrected chi connectivity index (χ0v) is 12.4. The molecule has 1 amide bonds. The minimum absolute atomic E-state index is 0.000675. The van der Waals surface area contributed by atoms with E-state index in [-0.39, 0.29) is 31.3 Å². The molecule has 1 aliphatic rings. The first-order valence-corrected chi connectivity index (χ1v) is 7.27. The number of hydrogen-bond acceptors (Lipinski definition) is 4. The van der Waals surface area contributed by atoms with Crippen molar-refractivity contribution in [2.45, 2.75) is 13.0 Å². The molecule has 0 aliphatic carbocycles. The van der Waals surface area contributed by atoms with Crippen LogP contribution in [0.3, 0.4) is 0 Å². The maximum atomic E-state index is 12.6. The van der Waals surface area contributed by atoms with E-state index >= 15 is 0 Å². The summed E-state index contributed by atoms with van der Waals surface area (Å²) in [6.07, 6.45) is 0.793. The van der Waals surface area contributed by atoms with Crippen LogP contribution in [0.4, 0.5) is 0 Å². The third-order valence-electron chi connectivity index (χ3n) is 3.68. The van der Waals surface area contributed by atoms with Gasteiger partial charge in [-0.15, -0.1) is 0 Å². The number of benzene rings is 2. The minimum Gasteiger partial charge on any atom is -0.488 e. The van der Waals surface area contributed by atoms with Gasteiger partial charge in [0.05, 0.1) is 18.5 Å². The predicted octanol–water partition coefficient (Wildman–Crippen LogP) is 1.67. The number of amides is 1. The van der Waals surface area contributed by atoms with Gasteiger partial charge in [-0.05, 0) is 17.7 Å². The highest BCUT2D eigenvalue weighted by atomic mass is 16.5. The summed E-state index contributed by atoms with van der Waals surface area (Å²) in [4.78, 5) is 34.6. The number of ether oxygens (including phenoxy) is 1. The minimum atomic E-state index is -0.235. The van der Waals surface area contributed by atoms with Crippen LogP contribution in [0.5, 0.6) is 5.75 Å². The lowest BCUT2D eigenvalue weighted by Gasteiger charge is -2.08. The Morgan fingerprint density at radius 3 is 2.83 bits per heavy atom. The van der Waals surface area contributed by atoms with Crippen molar-refractivity contribution in [3.8, 4) is 5.75 Å². The van der Waals surface area contributed by atoms with Crippen LogP contribution in [0, 0.1) is 0 Å². The summed E-state index contributed by atoms with van der Waals surface area (Å²) in [5.74, 6) is 0.255. The van der Waals surface area contributed by atoms with Gasteiger partial charge in [0.15, 0.2) is 5.78 Å². The van der Waals surface area contributed by atoms with E-state index in [0.29, 0.717) is 23.2 Å². The van der Waals surface area contributed by atoms with Gasteiger partial charge < -0.3 is 14.8 Å². The smallest absolute Gasteiger partial charge is 0.224 e. The molecule has 0 saturated carbocycles. The number of ketones is 1. The van der Waals surface area contributed by atoms with Crippen molar-refractivity contribution >= 4 is 18.0 Å². The quantitative estimate of drug-likeness (QED) is 0.872. The maximum absolute atomic E-state index is 12.6. The van der Waals surface area contributed by atoms with E-state index in [0.717, 1.165) is 11.1 Å². The normalized spacial score (nSPS) is 12.4. The molecular formula is C18H15NO4. The summed E-state index contributed by atoms with van der Waals surface area (Å²) < 4.78 is 5.70. The molecule has 0 fully saturated rings. The SMILES string of the molecule is O=CCNC(=O)Cc1ccc2c(c1)COc1ccccc1C2=O. The van der Waals surface area contributed by atoms with Crippen LogP contribution in [0.15, 0.2) is 42.5 Å². The standard InChI is InChI=1S/C18H15NO4/c20-8-7-19-17(21)10-12-5-6-14-13(9-12)11-23-16-4-2-1-3-15(16)18(14)22/h1-6,8-9H,7,10-11H2,(H,19,21). The number of para-hydroxylation sites is 1. The van der Waals surface area contributed by atoms with Gasteiger partial charge in [0.25, 0.3) is 0 Å². The van der Waals surface area contributed by atoms with E-state index < -0.39 is 0 Å². The highest BCUT2D eigenvalue weighted by molar-refractivity contribution is 6.12. The van der Waals surface area contributed by atoms with Crippen LogP contribution in [0.2, 0.25) is 0 Å². The summed E-state index contributed by atoms with van der Waals surface area (Å²) >= 11 is 0. The van der Waals surface area contributed by atoms with Crippen molar-refractivity contribution in [3.63, 3.8) is 0 Å². The molecule has 0 bridgehead atoms. The average molecular weight is 309 g/mol. The van der Waals surface area contributed by atoms with Crippen LogP contribution in [0.25, 0.3) is 0 Å². The second-order valence-corrected chi connectivity index (χ2v) is 5.25. The number of fused-ring (bicyclic) bond motifs is 2. The Bertz CT molecular complexity index is 782. The van der Waals surface area contributed by atoms with Crippen molar-refractivity contribution < 1.29 is 19.1 Å². The lowest BCUT2D eigenvalue weighted by atomic mass is 9.96. The summed E-state index contributed by atoms with van der Waals surface area (Å²) in [6, 6.07) is 12.4. The van der Waals surface area contributed by atoms with Crippen LogP contribution in [-0.2, 0) is 22.6 Å². The van der Waals surface area contributed by atoms with Crippen molar-refractivity contribution in [1.29, 1.82) is 0 Å². The van der Waals surface area contributed by atoms with Crippen molar-refractivity contribution in [1.82, 2.24) is 5.32 Å². The largest absolute Gasteiger partial charge is 0.488 e. The first-order valence-electron chi connectivity index (χ1n) is 7.27. The molecular weight excluding hydrogens is 294 g/mol. The van der Waals surface area contributed by atoms with Gasteiger partial charge in [-0.3, -0.25) is 9.59 Å². The van der Waals surface area contributed by atoms with Crippen LogP contribution in [-0.4, -0.2) is 24.5 Å². The van der Waals surface area contributed by atoms with Crippen molar-refractivity contribution in [3.05, 3.63) is 64.7 Å². The molecule has 0 radical (unpaired) electrons.